The molecule has 0 radical (unpaired) electrons. The largest absolute Gasteiger partial charge is 0.374 e. The maximum Gasteiger partial charge on any atom is 0.245 e. The third-order valence-corrected chi connectivity index (χ3v) is 4.10. The number of amides is 2. The minimum atomic E-state index is -2.86. The van der Waals surface area contributed by atoms with Crippen molar-refractivity contribution in [2.75, 3.05) is 39.1 Å². The van der Waals surface area contributed by atoms with Crippen LogP contribution in [0.5, 0.6) is 0 Å². The van der Waals surface area contributed by atoms with Gasteiger partial charge in [0.2, 0.25) is 11.8 Å². The van der Waals surface area contributed by atoms with E-state index in [-0.39, 0.29) is 44.3 Å². The molecule has 1 atom stereocenters. The topological polar surface area (TPSA) is 103 Å². The summed E-state index contributed by atoms with van der Waals surface area (Å²) in [4.78, 5) is 21.6. The second-order valence-corrected chi connectivity index (χ2v) is 7.00. The highest BCUT2D eigenvalue weighted by Gasteiger charge is 2.23. The van der Waals surface area contributed by atoms with E-state index in [4.69, 9.17) is 14.2 Å². The molecule has 0 rings (SSSR count). The molecule has 0 fully saturated rings. The van der Waals surface area contributed by atoms with Crippen molar-refractivity contribution < 1.29 is 28.4 Å². The van der Waals surface area contributed by atoms with Gasteiger partial charge in [-0.15, -0.1) is 0 Å². The van der Waals surface area contributed by atoms with Crippen molar-refractivity contribution in [2.45, 2.75) is 13.8 Å². The molecule has 2 N–H and O–H groups in total. The lowest BCUT2D eigenvalue weighted by Crippen LogP contribution is -2.25. The van der Waals surface area contributed by atoms with E-state index in [2.05, 4.69) is 17.2 Å². The summed E-state index contributed by atoms with van der Waals surface area (Å²) in [6.07, 6.45) is 0.950. The van der Waals surface area contributed by atoms with Gasteiger partial charge >= 0.3 is 0 Å². The van der Waals surface area contributed by atoms with Gasteiger partial charge in [-0.2, -0.15) is 0 Å². The van der Waals surface area contributed by atoms with E-state index in [0.717, 1.165) is 6.08 Å². The number of ether oxygens (including phenoxy) is 3. The van der Waals surface area contributed by atoms with Crippen LogP contribution in [0.3, 0.4) is 0 Å². The zero-order valence-corrected chi connectivity index (χ0v) is 13.3. The molecule has 0 saturated carbocycles. The van der Waals surface area contributed by atoms with Crippen LogP contribution in [0.4, 0.5) is 0 Å². The molecule has 0 aromatic heterocycles. The fourth-order valence-electron chi connectivity index (χ4n) is 1.14. The van der Waals surface area contributed by atoms with Crippen molar-refractivity contribution in [1.29, 1.82) is 0 Å². The van der Waals surface area contributed by atoms with Gasteiger partial charge in [0.25, 0.3) is 0 Å². The number of rotatable bonds is 12. The molecule has 122 valence electrons. The Morgan fingerprint density at radius 1 is 1.10 bits per heavy atom. The van der Waals surface area contributed by atoms with E-state index in [0.29, 0.717) is 6.61 Å². The molecule has 0 heterocycles. The van der Waals surface area contributed by atoms with Crippen molar-refractivity contribution in [3.63, 3.8) is 0 Å². The van der Waals surface area contributed by atoms with Gasteiger partial charge in [0.05, 0.1) is 0 Å². The summed E-state index contributed by atoms with van der Waals surface area (Å²) < 4.78 is 28.0. The quantitative estimate of drug-likeness (QED) is 0.237. The first kappa shape index (κ1) is 19.8. The second kappa shape index (κ2) is 11.4. The summed E-state index contributed by atoms with van der Waals surface area (Å²) >= 11 is 0. The summed E-state index contributed by atoms with van der Waals surface area (Å²) in [5.41, 5.74) is 0. The normalized spacial score (nSPS) is 13.2. The zero-order chi connectivity index (χ0) is 16.1. The molecular weight excluding hydrogens is 299 g/mol. The van der Waals surface area contributed by atoms with Crippen LogP contribution in [-0.4, -0.2) is 50.9 Å². The molecule has 1 unspecified atom stereocenters. The summed E-state index contributed by atoms with van der Waals surface area (Å²) in [5, 5.41) is 4.84. The molecule has 0 saturated heterocycles. The van der Waals surface area contributed by atoms with Gasteiger partial charge in [-0.25, -0.2) is 0 Å². The Labute approximate surface area is 124 Å². The van der Waals surface area contributed by atoms with Crippen molar-refractivity contribution in [1.82, 2.24) is 10.6 Å². The second-order valence-electron chi connectivity index (χ2n) is 4.11. The first-order valence-corrected chi connectivity index (χ1v) is 8.65. The molecule has 0 aromatic carbocycles. The lowest BCUT2D eigenvalue weighted by molar-refractivity contribution is -0.120. The van der Waals surface area contributed by atoms with Gasteiger partial charge in [-0.1, -0.05) is 6.58 Å². The minimum Gasteiger partial charge on any atom is -0.374 e. The van der Waals surface area contributed by atoms with Crippen LogP contribution in [0.1, 0.15) is 13.8 Å². The molecule has 21 heavy (non-hydrogen) atoms. The Bertz CT molecular complexity index is 388. The highest BCUT2D eigenvalue weighted by atomic mass is 31.2. The van der Waals surface area contributed by atoms with Crippen LogP contribution in [-0.2, 0) is 28.4 Å². The molecule has 0 aromatic rings. The maximum absolute atomic E-state index is 12.5. The third kappa shape index (κ3) is 11.2. The zero-order valence-electron chi connectivity index (χ0n) is 12.4. The highest BCUT2D eigenvalue weighted by molar-refractivity contribution is 7.63. The van der Waals surface area contributed by atoms with Crippen molar-refractivity contribution in [3.8, 4) is 0 Å². The standard InChI is InChI=1S/C12H23N2O6P/c1-4-12(16)14-7-20-10-21(17,8-18-5-2)9-19-6-13-11(3)15/h4H,1,5-10H2,2-3H3,(H,13,15)(H,14,16). The average molecular weight is 322 g/mol. The Morgan fingerprint density at radius 2 is 1.62 bits per heavy atom. The van der Waals surface area contributed by atoms with Crippen molar-refractivity contribution in [2.24, 2.45) is 0 Å². The highest BCUT2D eigenvalue weighted by Crippen LogP contribution is 2.45. The molecule has 0 aliphatic carbocycles. The predicted octanol–water partition coefficient (Wildman–Crippen LogP) is 0.645. The van der Waals surface area contributed by atoms with E-state index in [1.165, 1.54) is 6.92 Å². The number of hydrogen-bond donors (Lipinski definition) is 2. The van der Waals surface area contributed by atoms with Gasteiger partial charge in [-0.3, -0.25) is 9.59 Å². The fourth-order valence-corrected chi connectivity index (χ4v) is 2.73. The summed E-state index contributed by atoms with van der Waals surface area (Å²) in [6, 6.07) is 0. The van der Waals surface area contributed by atoms with Crippen LogP contribution in [0, 0.1) is 0 Å². The summed E-state index contributed by atoms with van der Waals surface area (Å²) in [6.45, 7) is 6.75. The molecule has 0 bridgehead atoms. The Hall–Kier alpha value is -1.21. The Kier molecular flexibility index (Phi) is 10.8. The number of hydrogen-bond acceptors (Lipinski definition) is 6. The third-order valence-electron chi connectivity index (χ3n) is 2.14. The van der Waals surface area contributed by atoms with Gasteiger partial charge in [0.15, 0.2) is 7.14 Å². The van der Waals surface area contributed by atoms with E-state index in [9.17, 15) is 14.2 Å². The van der Waals surface area contributed by atoms with Gasteiger partial charge in [-0.05, 0) is 13.0 Å². The van der Waals surface area contributed by atoms with Gasteiger partial charge < -0.3 is 29.4 Å². The molecule has 0 aliphatic rings. The molecule has 9 heteroatoms. The van der Waals surface area contributed by atoms with Crippen molar-refractivity contribution in [3.05, 3.63) is 12.7 Å². The lowest BCUT2D eigenvalue weighted by atomic mass is 10.6. The smallest absolute Gasteiger partial charge is 0.245 e. The maximum atomic E-state index is 12.5. The summed E-state index contributed by atoms with van der Waals surface area (Å²) in [7, 11) is -2.86. The van der Waals surface area contributed by atoms with Crippen LogP contribution < -0.4 is 10.6 Å². The molecule has 8 nitrogen and oxygen atoms in total. The van der Waals surface area contributed by atoms with Crippen LogP contribution in [0.2, 0.25) is 0 Å². The fraction of sp³-hybridized carbons (Fsp3) is 0.667. The molecule has 0 aliphatic heterocycles. The SMILES string of the molecule is C=CC(=O)NCOCP(=O)(COCC)COCNC(C)=O. The van der Waals surface area contributed by atoms with Gasteiger partial charge in [0.1, 0.15) is 32.5 Å². The van der Waals surface area contributed by atoms with E-state index < -0.39 is 7.14 Å². The van der Waals surface area contributed by atoms with Crippen molar-refractivity contribution >= 4 is 19.0 Å². The molecule has 2 amide bonds. The summed E-state index contributed by atoms with van der Waals surface area (Å²) in [5.74, 6) is -0.616. The van der Waals surface area contributed by atoms with Gasteiger partial charge in [0, 0.05) is 13.5 Å². The first-order valence-electron chi connectivity index (χ1n) is 6.38. The predicted molar refractivity (Wildman–Crippen MR) is 77.9 cm³/mol. The molecular formula is C12H23N2O6P. The number of nitrogens with one attached hydrogen (secondary N) is 2. The molecule has 0 spiro atoms. The minimum absolute atomic E-state index is 0.0129. The lowest BCUT2D eigenvalue weighted by Gasteiger charge is -2.18. The Morgan fingerprint density at radius 3 is 2.10 bits per heavy atom. The monoisotopic (exact) mass is 322 g/mol. The van der Waals surface area contributed by atoms with E-state index >= 15 is 0 Å². The first-order chi connectivity index (χ1) is 9.93. The average Bonchev–Trinajstić information content (AvgIpc) is 2.46. The van der Waals surface area contributed by atoms with Crippen LogP contribution in [0.25, 0.3) is 0 Å². The van der Waals surface area contributed by atoms with Crippen LogP contribution in [0.15, 0.2) is 12.7 Å². The number of carbonyl (C=O) groups excluding carboxylic acids is 2. The van der Waals surface area contributed by atoms with E-state index in [1.807, 2.05) is 0 Å². The van der Waals surface area contributed by atoms with E-state index in [1.54, 1.807) is 6.92 Å². The number of carbonyl (C=O) groups is 2. The Balaban J connectivity index is 4.14. The van der Waals surface area contributed by atoms with Crippen LogP contribution >= 0.6 is 7.14 Å².